The second-order valence-electron chi connectivity index (χ2n) is 7.39. The van der Waals surface area contributed by atoms with Crippen LogP contribution in [-0.4, -0.2) is 28.7 Å². The standard InChI is InChI=1S/C25H24FNO6/c1-4-32-25(31)24(30)27-18-11-14(2)23(15(3)12-18)33-19-9-10-21(28)20(13-19)22(29)16-5-7-17(26)8-6-16/h5-13,22,28-29H,4H2,1-3H3,(H,27,30)/t22-/m0/s1. The van der Waals surface area contributed by atoms with Gasteiger partial charge in [-0.2, -0.15) is 0 Å². The molecule has 0 saturated carbocycles. The number of aliphatic hydroxyl groups is 1. The molecule has 0 unspecified atom stereocenters. The SMILES string of the molecule is CCOC(=O)C(=O)Nc1cc(C)c(Oc2ccc(O)c([C@@H](O)c3ccc(F)cc3)c2)c(C)c1. The van der Waals surface area contributed by atoms with E-state index >= 15 is 0 Å². The second kappa shape index (κ2) is 10.1. The van der Waals surface area contributed by atoms with Crippen LogP contribution in [0.3, 0.4) is 0 Å². The third-order valence-electron chi connectivity index (χ3n) is 4.88. The molecule has 0 radical (unpaired) electrons. The predicted octanol–water partition coefficient (Wildman–Crippen LogP) is 4.52. The Labute approximate surface area is 190 Å². The third kappa shape index (κ3) is 5.67. The Bertz CT molecular complexity index is 1150. The van der Waals surface area contributed by atoms with Crippen molar-refractivity contribution in [1.82, 2.24) is 0 Å². The Balaban J connectivity index is 1.83. The number of nitrogens with one attached hydrogen (secondary N) is 1. The molecule has 3 aromatic rings. The fraction of sp³-hybridized carbons (Fsp3) is 0.200. The number of hydrogen-bond acceptors (Lipinski definition) is 6. The molecule has 0 aliphatic heterocycles. The summed E-state index contributed by atoms with van der Waals surface area (Å²) in [7, 11) is 0. The van der Waals surface area contributed by atoms with Crippen molar-refractivity contribution in [3.63, 3.8) is 0 Å². The van der Waals surface area contributed by atoms with E-state index in [9.17, 15) is 24.2 Å². The van der Waals surface area contributed by atoms with Gasteiger partial charge in [-0.3, -0.25) is 4.79 Å². The van der Waals surface area contributed by atoms with Gasteiger partial charge in [0.2, 0.25) is 0 Å². The smallest absolute Gasteiger partial charge is 0.397 e. The van der Waals surface area contributed by atoms with E-state index in [1.165, 1.54) is 36.4 Å². The third-order valence-corrected chi connectivity index (χ3v) is 4.88. The number of amides is 1. The molecule has 1 atom stereocenters. The number of rotatable bonds is 6. The largest absolute Gasteiger partial charge is 0.508 e. The molecule has 0 heterocycles. The fourth-order valence-electron chi connectivity index (χ4n) is 3.32. The van der Waals surface area contributed by atoms with Crippen LogP contribution in [0.5, 0.6) is 17.2 Å². The minimum absolute atomic E-state index is 0.0988. The summed E-state index contributed by atoms with van der Waals surface area (Å²) in [5.41, 5.74) is 2.39. The highest BCUT2D eigenvalue weighted by Gasteiger charge is 2.18. The first-order chi connectivity index (χ1) is 15.7. The zero-order valence-electron chi connectivity index (χ0n) is 18.4. The Hall–Kier alpha value is -3.91. The summed E-state index contributed by atoms with van der Waals surface area (Å²) in [6, 6.07) is 13.1. The van der Waals surface area contributed by atoms with E-state index in [2.05, 4.69) is 10.1 Å². The molecular formula is C25H24FNO6. The molecule has 0 saturated heterocycles. The summed E-state index contributed by atoms with van der Waals surface area (Å²) in [6.45, 7) is 5.26. The Kier molecular flexibility index (Phi) is 7.30. The highest BCUT2D eigenvalue weighted by atomic mass is 19.1. The molecule has 172 valence electrons. The second-order valence-corrected chi connectivity index (χ2v) is 7.39. The number of hydrogen-bond donors (Lipinski definition) is 3. The van der Waals surface area contributed by atoms with Crippen LogP contribution in [0.4, 0.5) is 10.1 Å². The number of esters is 1. The van der Waals surface area contributed by atoms with Gasteiger partial charge >= 0.3 is 11.9 Å². The monoisotopic (exact) mass is 453 g/mol. The normalized spacial score (nSPS) is 11.5. The molecule has 0 aliphatic carbocycles. The lowest BCUT2D eigenvalue weighted by molar-refractivity contribution is -0.152. The van der Waals surface area contributed by atoms with Gasteiger partial charge in [-0.25, -0.2) is 9.18 Å². The number of aryl methyl sites for hydroxylation is 2. The Morgan fingerprint density at radius 1 is 1.03 bits per heavy atom. The van der Waals surface area contributed by atoms with E-state index in [4.69, 9.17) is 4.74 Å². The number of aliphatic hydroxyl groups excluding tert-OH is 1. The van der Waals surface area contributed by atoms with E-state index in [1.54, 1.807) is 39.0 Å². The number of anilines is 1. The van der Waals surface area contributed by atoms with Crippen LogP contribution in [0.1, 0.15) is 35.3 Å². The number of aromatic hydroxyl groups is 1. The first kappa shape index (κ1) is 23.7. The van der Waals surface area contributed by atoms with E-state index < -0.39 is 23.8 Å². The first-order valence-corrected chi connectivity index (χ1v) is 10.2. The van der Waals surface area contributed by atoms with Crippen molar-refractivity contribution in [2.45, 2.75) is 26.9 Å². The molecule has 3 aromatic carbocycles. The molecular weight excluding hydrogens is 429 g/mol. The predicted molar refractivity (Wildman–Crippen MR) is 120 cm³/mol. The van der Waals surface area contributed by atoms with Crippen molar-refractivity contribution in [1.29, 1.82) is 0 Å². The van der Waals surface area contributed by atoms with E-state index in [0.29, 0.717) is 33.9 Å². The summed E-state index contributed by atoms with van der Waals surface area (Å²) in [4.78, 5) is 23.4. The maximum absolute atomic E-state index is 13.2. The van der Waals surface area contributed by atoms with Crippen LogP contribution < -0.4 is 10.1 Å². The van der Waals surface area contributed by atoms with Crippen LogP contribution in [0.2, 0.25) is 0 Å². The quantitative estimate of drug-likeness (QED) is 0.374. The number of benzene rings is 3. The lowest BCUT2D eigenvalue weighted by Gasteiger charge is -2.17. The topological polar surface area (TPSA) is 105 Å². The highest BCUT2D eigenvalue weighted by Crippen LogP contribution is 2.36. The van der Waals surface area contributed by atoms with Crippen molar-refractivity contribution in [2.75, 3.05) is 11.9 Å². The van der Waals surface area contributed by atoms with Gasteiger partial charge < -0.3 is 25.0 Å². The average Bonchev–Trinajstić information content (AvgIpc) is 2.77. The van der Waals surface area contributed by atoms with Gasteiger partial charge in [-0.15, -0.1) is 0 Å². The summed E-state index contributed by atoms with van der Waals surface area (Å²) in [5.74, 6) is -1.54. The summed E-state index contributed by atoms with van der Waals surface area (Å²) >= 11 is 0. The zero-order chi connectivity index (χ0) is 24.1. The molecule has 0 bridgehead atoms. The molecule has 0 aromatic heterocycles. The van der Waals surface area contributed by atoms with Gasteiger partial charge in [0.1, 0.15) is 29.2 Å². The van der Waals surface area contributed by atoms with Gasteiger partial charge in [0.15, 0.2) is 0 Å². The Morgan fingerprint density at radius 2 is 1.67 bits per heavy atom. The van der Waals surface area contributed by atoms with Crippen LogP contribution in [0, 0.1) is 19.7 Å². The molecule has 7 nitrogen and oxygen atoms in total. The minimum Gasteiger partial charge on any atom is -0.508 e. The molecule has 0 aliphatic rings. The number of phenols is 1. The number of carbonyl (C=O) groups is 2. The fourth-order valence-corrected chi connectivity index (χ4v) is 3.32. The van der Waals surface area contributed by atoms with Crippen LogP contribution in [-0.2, 0) is 14.3 Å². The van der Waals surface area contributed by atoms with E-state index in [-0.39, 0.29) is 17.9 Å². The van der Waals surface area contributed by atoms with Crippen molar-refractivity contribution in [3.05, 3.63) is 82.7 Å². The van der Waals surface area contributed by atoms with Crippen molar-refractivity contribution >= 4 is 17.6 Å². The van der Waals surface area contributed by atoms with E-state index in [1.807, 2.05) is 0 Å². The van der Waals surface area contributed by atoms with Crippen molar-refractivity contribution in [3.8, 4) is 17.2 Å². The summed E-state index contributed by atoms with van der Waals surface area (Å²) in [5, 5.41) is 23.4. The van der Waals surface area contributed by atoms with Gasteiger partial charge in [-0.1, -0.05) is 12.1 Å². The molecule has 3 rings (SSSR count). The summed E-state index contributed by atoms with van der Waals surface area (Å²) in [6.07, 6.45) is -1.18. The lowest BCUT2D eigenvalue weighted by atomic mass is 10.0. The average molecular weight is 453 g/mol. The zero-order valence-corrected chi connectivity index (χ0v) is 18.4. The minimum atomic E-state index is -1.18. The first-order valence-electron chi connectivity index (χ1n) is 10.2. The number of halogens is 1. The van der Waals surface area contributed by atoms with Gasteiger partial charge in [0.05, 0.1) is 6.61 Å². The lowest BCUT2D eigenvalue weighted by Crippen LogP contribution is -2.25. The number of carbonyl (C=O) groups excluding carboxylic acids is 2. The van der Waals surface area contributed by atoms with Gasteiger partial charge in [-0.05, 0) is 79.9 Å². The van der Waals surface area contributed by atoms with Crippen LogP contribution in [0.25, 0.3) is 0 Å². The van der Waals surface area contributed by atoms with Gasteiger partial charge in [0.25, 0.3) is 0 Å². The van der Waals surface area contributed by atoms with Gasteiger partial charge in [0, 0.05) is 11.3 Å². The highest BCUT2D eigenvalue weighted by molar-refractivity contribution is 6.37. The summed E-state index contributed by atoms with van der Waals surface area (Å²) < 4.78 is 23.9. The van der Waals surface area contributed by atoms with Crippen LogP contribution >= 0.6 is 0 Å². The molecule has 0 fully saturated rings. The van der Waals surface area contributed by atoms with E-state index in [0.717, 1.165) is 0 Å². The van der Waals surface area contributed by atoms with Crippen LogP contribution in [0.15, 0.2) is 54.6 Å². The number of ether oxygens (including phenoxy) is 2. The molecule has 33 heavy (non-hydrogen) atoms. The molecule has 1 amide bonds. The molecule has 8 heteroatoms. The molecule has 0 spiro atoms. The Morgan fingerprint density at radius 3 is 2.27 bits per heavy atom. The molecule has 3 N–H and O–H groups in total. The number of phenolic OH excluding ortho intramolecular Hbond substituents is 1. The maximum atomic E-state index is 13.2. The van der Waals surface area contributed by atoms with Crippen molar-refractivity contribution < 1.29 is 33.7 Å². The maximum Gasteiger partial charge on any atom is 0.397 e. The van der Waals surface area contributed by atoms with Crippen molar-refractivity contribution in [2.24, 2.45) is 0 Å².